The fourth-order valence-corrected chi connectivity index (χ4v) is 1.10. The molecule has 3 N–H and O–H groups in total. The number of rotatable bonds is 6. The Labute approximate surface area is 99.3 Å². The molecule has 0 aromatic heterocycles. The molecule has 0 aliphatic heterocycles. The van der Waals surface area contributed by atoms with Gasteiger partial charge in [0, 0.05) is 12.1 Å². The number of nitrogens with two attached hydrogens (primary N) is 1. The van der Waals surface area contributed by atoms with Crippen LogP contribution < -0.4 is 15.8 Å². The molecule has 90 valence electrons. The zero-order chi connectivity index (χ0) is 12.7. The van der Waals surface area contributed by atoms with Crippen LogP contribution in [0.25, 0.3) is 0 Å². The Morgan fingerprint density at radius 2 is 2.00 bits per heavy atom. The Morgan fingerprint density at radius 1 is 1.35 bits per heavy atom. The summed E-state index contributed by atoms with van der Waals surface area (Å²) in [5, 5.41) is 2.58. The minimum atomic E-state index is -0.500. The van der Waals surface area contributed by atoms with E-state index in [9.17, 15) is 9.59 Å². The van der Waals surface area contributed by atoms with E-state index >= 15 is 0 Å². The summed E-state index contributed by atoms with van der Waals surface area (Å²) >= 11 is 0. The van der Waals surface area contributed by atoms with Gasteiger partial charge >= 0.3 is 0 Å². The number of carbonyl (C=O) groups is 2. The summed E-state index contributed by atoms with van der Waals surface area (Å²) in [6.45, 7) is 3.80. The third-order valence-corrected chi connectivity index (χ3v) is 1.95. The first-order chi connectivity index (χ1) is 8.13. The van der Waals surface area contributed by atoms with Gasteiger partial charge in [-0.15, -0.1) is 6.58 Å². The molecule has 0 unspecified atom stereocenters. The van der Waals surface area contributed by atoms with Crippen molar-refractivity contribution in [3.8, 4) is 5.75 Å². The van der Waals surface area contributed by atoms with Crippen LogP contribution in [0.5, 0.6) is 5.75 Å². The SMILES string of the molecule is C=CCNC(=O)COc1ccc(C(N)=O)cc1. The highest BCUT2D eigenvalue weighted by Gasteiger charge is 2.03. The fourth-order valence-electron chi connectivity index (χ4n) is 1.10. The average Bonchev–Trinajstić information content (AvgIpc) is 2.34. The van der Waals surface area contributed by atoms with Crippen LogP contribution in [0, 0.1) is 0 Å². The van der Waals surface area contributed by atoms with Crippen molar-refractivity contribution in [1.29, 1.82) is 0 Å². The number of nitrogens with one attached hydrogen (secondary N) is 1. The van der Waals surface area contributed by atoms with E-state index in [1.165, 1.54) is 0 Å². The summed E-state index contributed by atoms with van der Waals surface area (Å²) in [7, 11) is 0. The van der Waals surface area contributed by atoms with E-state index in [0.717, 1.165) is 0 Å². The smallest absolute Gasteiger partial charge is 0.258 e. The second kappa shape index (κ2) is 6.32. The van der Waals surface area contributed by atoms with Gasteiger partial charge in [-0.25, -0.2) is 0 Å². The first-order valence-corrected chi connectivity index (χ1v) is 5.03. The Balaban J connectivity index is 2.44. The molecule has 0 aliphatic carbocycles. The van der Waals surface area contributed by atoms with Gasteiger partial charge in [-0.05, 0) is 24.3 Å². The van der Waals surface area contributed by atoms with E-state index in [4.69, 9.17) is 10.5 Å². The molecule has 0 saturated carbocycles. The molecule has 1 aromatic rings. The topological polar surface area (TPSA) is 81.4 Å². The summed E-state index contributed by atoms with van der Waals surface area (Å²) in [5.74, 6) is -0.229. The van der Waals surface area contributed by atoms with Crippen molar-refractivity contribution in [1.82, 2.24) is 5.32 Å². The fraction of sp³-hybridized carbons (Fsp3) is 0.167. The molecule has 5 nitrogen and oxygen atoms in total. The summed E-state index contributed by atoms with van der Waals surface area (Å²) in [5.41, 5.74) is 5.48. The molecule has 0 fully saturated rings. The van der Waals surface area contributed by atoms with Crippen LogP contribution in [0.15, 0.2) is 36.9 Å². The highest BCUT2D eigenvalue weighted by atomic mass is 16.5. The van der Waals surface area contributed by atoms with Gasteiger partial charge in [0.1, 0.15) is 5.75 Å². The lowest BCUT2D eigenvalue weighted by atomic mass is 10.2. The first kappa shape index (κ1) is 12.8. The predicted octanol–water partition coefficient (Wildman–Crippen LogP) is 0.466. The molecule has 2 amide bonds. The Hall–Kier alpha value is -2.30. The van der Waals surface area contributed by atoms with E-state index < -0.39 is 5.91 Å². The molecule has 0 saturated heterocycles. The van der Waals surface area contributed by atoms with Gasteiger partial charge in [-0.1, -0.05) is 6.08 Å². The Bertz CT molecular complexity index is 412. The molecule has 1 rings (SSSR count). The van der Waals surface area contributed by atoms with E-state index in [0.29, 0.717) is 17.9 Å². The number of primary amides is 1. The van der Waals surface area contributed by atoms with Crippen LogP contribution in [-0.4, -0.2) is 25.0 Å². The second-order valence-electron chi connectivity index (χ2n) is 3.27. The van der Waals surface area contributed by atoms with Crippen LogP contribution >= 0.6 is 0 Å². The molecule has 5 heteroatoms. The molecular formula is C12H14N2O3. The van der Waals surface area contributed by atoms with Crippen molar-refractivity contribution in [3.63, 3.8) is 0 Å². The predicted molar refractivity (Wildman–Crippen MR) is 63.7 cm³/mol. The maximum Gasteiger partial charge on any atom is 0.258 e. The lowest BCUT2D eigenvalue weighted by Gasteiger charge is -2.06. The summed E-state index contributed by atoms with van der Waals surface area (Å²) in [6, 6.07) is 6.25. The molecule has 17 heavy (non-hydrogen) atoms. The Morgan fingerprint density at radius 3 is 2.53 bits per heavy atom. The minimum Gasteiger partial charge on any atom is -0.484 e. The molecular weight excluding hydrogens is 220 g/mol. The average molecular weight is 234 g/mol. The summed E-state index contributed by atoms with van der Waals surface area (Å²) < 4.78 is 5.20. The minimum absolute atomic E-state index is 0.0796. The van der Waals surface area contributed by atoms with E-state index in [2.05, 4.69) is 11.9 Å². The van der Waals surface area contributed by atoms with Crippen molar-refractivity contribution < 1.29 is 14.3 Å². The number of carbonyl (C=O) groups excluding carboxylic acids is 2. The van der Waals surface area contributed by atoms with E-state index in [1.54, 1.807) is 30.3 Å². The maximum absolute atomic E-state index is 11.2. The number of hydrogen-bond donors (Lipinski definition) is 2. The number of ether oxygens (including phenoxy) is 1. The molecule has 0 spiro atoms. The van der Waals surface area contributed by atoms with Gasteiger partial charge in [-0.2, -0.15) is 0 Å². The van der Waals surface area contributed by atoms with Gasteiger partial charge in [0.25, 0.3) is 5.91 Å². The van der Waals surface area contributed by atoms with Crippen molar-refractivity contribution in [3.05, 3.63) is 42.5 Å². The Kier molecular flexibility index (Phi) is 4.75. The first-order valence-electron chi connectivity index (χ1n) is 5.03. The van der Waals surface area contributed by atoms with Crippen molar-refractivity contribution >= 4 is 11.8 Å². The van der Waals surface area contributed by atoms with Crippen LogP contribution in [-0.2, 0) is 4.79 Å². The second-order valence-corrected chi connectivity index (χ2v) is 3.27. The quantitative estimate of drug-likeness (QED) is 0.702. The zero-order valence-corrected chi connectivity index (χ0v) is 9.31. The lowest BCUT2D eigenvalue weighted by molar-refractivity contribution is -0.122. The monoisotopic (exact) mass is 234 g/mol. The maximum atomic E-state index is 11.2. The largest absolute Gasteiger partial charge is 0.484 e. The van der Waals surface area contributed by atoms with Crippen molar-refractivity contribution in [2.45, 2.75) is 0 Å². The molecule has 0 radical (unpaired) electrons. The third-order valence-electron chi connectivity index (χ3n) is 1.95. The van der Waals surface area contributed by atoms with Crippen molar-refractivity contribution in [2.24, 2.45) is 5.73 Å². The van der Waals surface area contributed by atoms with Gasteiger partial charge in [0.15, 0.2) is 6.61 Å². The molecule has 0 bridgehead atoms. The van der Waals surface area contributed by atoms with E-state index in [-0.39, 0.29) is 12.5 Å². The molecule has 0 aliphatic rings. The number of hydrogen-bond acceptors (Lipinski definition) is 3. The molecule has 1 aromatic carbocycles. The van der Waals surface area contributed by atoms with Gasteiger partial charge in [0.05, 0.1) is 0 Å². The van der Waals surface area contributed by atoms with Crippen LogP contribution in [0.1, 0.15) is 10.4 Å². The van der Waals surface area contributed by atoms with Crippen LogP contribution in [0.3, 0.4) is 0 Å². The van der Waals surface area contributed by atoms with Gasteiger partial charge < -0.3 is 15.8 Å². The van der Waals surface area contributed by atoms with Gasteiger partial charge in [-0.3, -0.25) is 9.59 Å². The zero-order valence-electron chi connectivity index (χ0n) is 9.31. The third kappa shape index (κ3) is 4.38. The highest BCUT2D eigenvalue weighted by molar-refractivity contribution is 5.92. The lowest BCUT2D eigenvalue weighted by Crippen LogP contribution is -2.28. The number of amides is 2. The number of benzene rings is 1. The van der Waals surface area contributed by atoms with Crippen molar-refractivity contribution in [2.75, 3.05) is 13.2 Å². The standard InChI is InChI=1S/C12H14N2O3/c1-2-7-14-11(15)8-17-10-5-3-9(4-6-10)12(13)16/h2-6H,1,7-8H2,(H2,13,16)(H,14,15). The van der Waals surface area contributed by atoms with Crippen LogP contribution in [0.2, 0.25) is 0 Å². The summed E-state index contributed by atoms with van der Waals surface area (Å²) in [4.78, 5) is 22.0. The normalized spacial score (nSPS) is 9.41. The molecule has 0 atom stereocenters. The highest BCUT2D eigenvalue weighted by Crippen LogP contribution is 2.11. The van der Waals surface area contributed by atoms with Crippen LogP contribution in [0.4, 0.5) is 0 Å². The van der Waals surface area contributed by atoms with Gasteiger partial charge in [0.2, 0.25) is 5.91 Å². The summed E-state index contributed by atoms with van der Waals surface area (Å²) in [6.07, 6.45) is 1.58. The van der Waals surface area contributed by atoms with E-state index in [1.807, 2.05) is 0 Å². The molecule has 0 heterocycles.